The second-order valence-corrected chi connectivity index (χ2v) is 4.50. The van der Waals surface area contributed by atoms with Gasteiger partial charge >= 0.3 is 0 Å². The molecule has 0 aliphatic carbocycles. The van der Waals surface area contributed by atoms with E-state index in [0.29, 0.717) is 11.4 Å². The van der Waals surface area contributed by atoms with Gasteiger partial charge < -0.3 is 10.1 Å². The summed E-state index contributed by atoms with van der Waals surface area (Å²) in [5.74, 6) is 0.0549. The van der Waals surface area contributed by atoms with Crippen molar-refractivity contribution in [3.05, 3.63) is 40.0 Å². The lowest BCUT2D eigenvalue weighted by atomic mass is 10.3. The number of benzene rings is 1. The Morgan fingerprint density at radius 1 is 1.44 bits per heavy atom. The highest BCUT2D eigenvalue weighted by Crippen LogP contribution is 2.30. The highest BCUT2D eigenvalue weighted by Gasteiger charge is 2.09. The van der Waals surface area contributed by atoms with Gasteiger partial charge in [-0.15, -0.1) is 0 Å². The van der Waals surface area contributed by atoms with Gasteiger partial charge in [-0.2, -0.15) is 4.98 Å². The highest BCUT2D eigenvalue weighted by atomic mass is 79.9. The zero-order valence-corrected chi connectivity index (χ0v) is 11.6. The molecule has 7 heteroatoms. The van der Waals surface area contributed by atoms with Crippen molar-refractivity contribution >= 4 is 39.0 Å². The lowest BCUT2D eigenvalue weighted by molar-refractivity contribution is 0.415. The predicted molar refractivity (Wildman–Crippen MR) is 71.0 cm³/mol. The zero-order chi connectivity index (χ0) is 13.1. The van der Waals surface area contributed by atoms with Crippen molar-refractivity contribution in [1.82, 2.24) is 9.97 Å². The second-order valence-electron chi connectivity index (χ2n) is 3.31. The number of halogens is 3. The maximum Gasteiger partial charge on any atom is 0.224 e. The largest absolute Gasteiger partial charge is 0.497 e. The van der Waals surface area contributed by atoms with Crippen LogP contribution in [0.5, 0.6) is 5.75 Å². The average molecular weight is 333 g/mol. The molecule has 0 saturated carbocycles. The summed E-state index contributed by atoms with van der Waals surface area (Å²) in [6, 6.07) is 5.26. The van der Waals surface area contributed by atoms with Crippen molar-refractivity contribution < 1.29 is 9.13 Å². The molecule has 94 valence electrons. The lowest BCUT2D eigenvalue weighted by Gasteiger charge is -2.10. The van der Waals surface area contributed by atoms with E-state index in [0.717, 1.165) is 10.7 Å². The fraction of sp³-hybridized carbons (Fsp3) is 0.0909. The number of rotatable bonds is 3. The minimum absolute atomic E-state index is 0.00366. The number of aromatic nitrogens is 2. The quantitative estimate of drug-likeness (QED) is 0.869. The normalized spacial score (nSPS) is 10.2. The Morgan fingerprint density at radius 2 is 2.22 bits per heavy atom. The topological polar surface area (TPSA) is 47.0 Å². The van der Waals surface area contributed by atoms with Crippen LogP contribution in [0.2, 0.25) is 5.28 Å². The first-order valence-corrected chi connectivity index (χ1v) is 6.06. The number of hydrogen-bond donors (Lipinski definition) is 1. The Hall–Kier alpha value is -1.40. The van der Waals surface area contributed by atoms with Crippen molar-refractivity contribution in [2.75, 3.05) is 12.4 Å². The van der Waals surface area contributed by atoms with E-state index in [9.17, 15) is 4.39 Å². The molecule has 0 saturated heterocycles. The van der Waals surface area contributed by atoms with Crippen LogP contribution in [-0.2, 0) is 0 Å². The highest BCUT2D eigenvalue weighted by molar-refractivity contribution is 9.10. The molecule has 1 heterocycles. The van der Waals surface area contributed by atoms with E-state index in [1.807, 2.05) is 0 Å². The van der Waals surface area contributed by atoms with E-state index in [1.165, 1.54) is 0 Å². The Balaban J connectivity index is 2.36. The standard InChI is InChI=1S/C11H8BrClFN3O/c1-18-6-2-3-7(12)9(4-6)16-10-8(14)5-15-11(13)17-10/h2-5H,1H3,(H,15,16,17). The van der Waals surface area contributed by atoms with Gasteiger partial charge in [0, 0.05) is 10.5 Å². The van der Waals surface area contributed by atoms with Gasteiger partial charge in [0.15, 0.2) is 11.6 Å². The van der Waals surface area contributed by atoms with Crippen molar-refractivity contribution in [2.24, 2.45) is 0 Å². The maximum absolute atomic E-state index is 13.5. The monoisotopic (exact) mass is 331 g/mol. The fourth-order valence-electron chi connectivity index (χ4n) is 1.29. The van der Waals surface area contributed by atoms with Crippen LogP contribution in [0, 0.1) is 5.82 Å². The number of methoxy groups -OCH3 is 1. The zero-order valence-electron chi connectivity index (χ0n) is 9.25. The molecule has 0 bridgehead atoms. The van der Waals surface area contributed by atoms with Crippen LogP contribution in [-0.4, -0.2) is 17.1 Å². The first kappa shape index (κ1) is 13.0. The van der Waals surface area contributed by atoms with Crippen LogP contribution in [0.25, 0.3) is 0 Å². The van der Waals surface area contributed by atoms with Crippen molar-refractivity contribution in [2.45, 2.75) is 0 Å². The predicted octanol–water partition coefficient (Wildman–Crippen LogP) is 3.78. The lowest BCUT2D eigenvalue weighted by Crippen LogP contribution is -1.99. The molecule has 0 aliphatic heterocycles. The number of nitrogens with zero attached hydrogens (tertiary/aromatic N) is 2. The van der Waals surface area contributed by atoms with Crippen LogP contribution in [0.3, 0.4) is 0 Å². The molecule has 1 aromatic carbocycles. The van der Waals surface area contributed by atoms with Gasteiger partial charge in [-0.05, 0) is 39.7 Å². The van der Waals surface area contributed by atoms with Crippen molar-refractivity contribution in [1.29, 1.82) is 0 Å². The Kier molecular flexibility index (Phi) is 3.98. The van der Waals surface area contributed by atoms with Crippen LogP contribution in [0.1, 0.15) is 0 Å². The van der Waals surface area contributed by atoms with Crippen LogP contribution >= 0.6 is 27.5 Å². The van der Waals surface area contributed by atoms with Gasteiger partial charge in [-0.3, -0.25) is 0 Å². The van der Waals surface area contributed by atoms with E-state index < -0.39 is 5.82 Å². The third kappa shape index (κ3) is 2.88. The molecule has 2 rings (SSSR count). The molecule has 0 atom stereocenters. The second kappa shape index (κ2) is 5.49. The van der Waals surface area contributed by atoms with E-state index >= 15 is 0 Å². The minimum Gasteiger partial charge on any atom is -0.497 e. The van der Waals surface area contributed by atoms with Gasteiger partial charge in [-0.25, -0.2) is 9.37 Å². The molecule has 1 N–H and O–H groups in total. The summed E-state index contributed by atoms with van der Waals surface area (Å²) in [5.41, 5.74) is 0.614. The molecule has 0 radical (unpaired) electrons. The summed E-state index contributed by atoms with van der Waals surface area (Å²) in [6.07, 6.45) is 1.01. The Labute approximate surface area is 116 Å². The Morgan fingerprint density at radius 3 is 2.94 bits per heavy atom. The summed E-state index contributed by atoms with van der Waals surface area (Å²) in [4.78, 5) is 7.31. The number of hydrogen-bond acceptors (Lipinski definition) is 4. The minimum atomic E-state index is -0.589. The summed E-state index contributed by atoms with van der Waals surface area (Å²) in [7, 11) is 1.55. The number of nitrogens with one attached hydrogen (secondary N) is 1. The third-order valence-electron chi connectivity index (χ3n) is 2.14. The molecule has 0 aliphatic rings. The maximum atomic E-state index is 13.5. The van der Waals surface area contributed by atoms with Gasteiger partial charge in [-0.1, -0.05) is 0 Å². The van der Waals surface area contributed by atoms with Gasteiger partial charge in [0.05, 0.1) is 19.0 Å². The number of ether oxygens (including phenoxy) is 1. The Bertz CT molecular complexity index is 582. The number of anilines is 2. The van der Waals surface area contributed by atoms with Crippen molar-refractivity contribution in [3.63, 3.8) is 0 Å². The molecule has 0 amide bonds. The van der Waals surface area contributed by atoms with Crippen LogP contribution in [0.4, 0.5) is 15.9 Å². The van der Waals surface area contributed by atoms with E-state index in [-0.39, 0.29) is 11.1 Å². The molecule has 0 fully saturated rings. The van der Waals surface area contributed by atoms with Crippen LogP contribution < -0.4 is 10.1 Å². The molecule has 0 unspecified atom stereocenters. The fourth-order valence-corrected chi connectivity index (χ4v) is 1.77. The van der Waals surface area contributed by atoms with Gasteiger partial charge in [0.2, 0.25) is 5.28 Å². The molecule has 1 aromatic heterocycles. The first-order chi connectivity index (χ1) is 8.60. The molecular formula is C11H8BrClFN3O. The summed E-state index contributed by atoms with van der Waals surface area (Å²) in [5, 5.41) is 2.79. The summed E-state index contributed by atoms with van der Waals surface area (Å²) < 4.78 is 19.3. The van der Waals surface area contributed by atoms with E-state index in [2.05, 4.69) is 31.2 Å². The van der Waals surface area contributed by atoms with E-state index in [1.54, 1.807) is 25.3 Å². The first-order valence-electron chi connectivity index (χ1n) is 4.89. The summed E-state index contributed by atoms with van der Waals surface area (Å²) in [6.45, 7) is 0. The summed E-state index contributed by atoms with van der Waals surface area (Å²) >= 11 is 8.96. The average Bonchev–Trinajstić information content (AvgIpc) is 2.36. The van der Waals surface area contributed by atoms with Gasteiger partial charge in [0.1, 0.15) is 5.75 Å². The van der Waals surface area contributed by atoms with Crippen LogP contribution in [0.15, 0.2) is 28.9 Å². The van der Waals surface area contributed by atoms with Crippen molar-refractivity contribution in [3.8, 4) is 5.75 Å². The SMILES string of the molecule is COc1ccc(Br)c(Nc2nc(Cl)ncc2F)c1. The molecule has 4 nitrogen and oxygen atoms in total. The smallest absolute Gasteiger partial charge is 0.224 e. The third-order valence-corrected chi connectivity index (χ3v) is 3.01. The molecule has 18 heavy (non-hydrogen) atoms. The molecular weight excluding hydrogens is 324 g/mol. The molecule has 0 spiro atoms. The van der Waals surface area contributed by atoms with Gasteiger partial charge in [0.25, 0.3) is 0 Å². The molecule has 2 aromatic rings. The van der Waals surface area contributed by atoms with E-state index in [4.69, 9.17) is 16.3 Å².